The van der Waals surface area contributed by atoms with Gasteiger partial charge in [-0.2, -0.15) is 0 Å². The van der Waals surface area contributed by atoms with Gasteiger partial charge in [0.25, 0.3) is 0 Å². The molecule has 1 fully saturated rings. The van der Waals surface area contributed by atoms with Gasteiger partial charge in [-0.3, -0.25) is 9.78 Å². The summed E-state index contributed by atoms with van der Waals surface area (Å²) < 4.78 is 0. The van der Waals surface area contributed by atoms with E-state index >= 15 is 0 Å². The molecule has 0 radical (unpaired) electrons. The normalized spacial score (nSPS) is 17.1. The molecule has 1 aromatic carbocycles. The summed E-state index contributed by atoms with van der Waals surface area (Å²) in [7, 11) is 0. The molecule has 4 heteroatoms. The highest BCUT2D eigenvalue weighted by molar-refractivity contribution is 6.01. The summed E-state index contributed by atoms with van der Waals surface area (Å²) >= 11 is 0. The smallest absolute Gasteiger partial charge is 0.233 e. The zero-order valence-electron chi connectivity index (χ0n) is 14.4. The number of anilines is 1. The summed E-state index contributed by atoms with van der Waals surface area (Å²) in [6.07, 6.45) is 3.63. The van der Waals surface area contributed by atoms with Crippen LogP contribution < -0.4 is 4.90 Å². The zero-order valence-corrected chi connectivity index (χ0v) is 14.4. The molecule has 4 nitrogen and oxygen atoms in total. The first-order valence-electron chi connectivity index (χ1n) is 8.72. The van der Waals surface area contributed by atoms with Gasteiger partial charge in [0.15, 0.2) is 0 Å². The topological polar surface area (TPSA) is 36.4 Å². The molecule has 124 valence electrons. The van der Waals surface area contributed by atoms with Crippen molar-refractivity contribution in [2.45, 2.75) is 26.7 Å². The average molecular weight is 321 g/mol. The Hall–Kier alpha value is -2.20. The van der Waals surface area contributed by atoms with Crippen molar-refractivity contribution in [1.82, 2.24) is 9.88 Å². The SMILES string of the molecule is Cc1cccc(C)c1-c1cnc2c(c1)N(CCN1CCC1)C(=O)C2. The third kappa shape index (κ3) is 2.61. The molecule has 1 aromatic heterocycles. The van der Waals surface area contributed by atoms with Gasteiger partial charge in [0, 0.05) is 24.8 Å². The quantitative estimate of drug-likeness (QED) is 0.869. The number of amides is 1. The molecule has 24 heavy (non-hydrogen) atoms. The molecule has 0 aliphatic carbocycles. The van der Waals surface area contributed by atoms with Gasteiger partial charge in [-0.25, -0.2) is 0 Å². The molecule has 2 aliphatic heterocycles. The molecule has 0 bridgehead atoms. The van der Waals surface area contributed by atoms with Crippen LogP contribution in [0.2, 0.25) is 0 Å². The average Bonchev–Trinajstić information content (AvgIpc) is 2.81. The Kier molecular flexibility index (Phi) is 3.85. The van der Waals surface area contributed by atoms with E-state index < -0.39 is 0 Å². The number of benzene rings is 1. The van der Waals surface area contributed by atoms with Crippen molar-refractivity contribution in [2.24, 2.45) is 0 Å². The van der Waals surface area contributed by atoms with Crippen LogP contribution in [0.1, 0.15) is 23.2 Å². The third-order valence-corrected chi connectivity index (χ3v) is 5.22. The van der Waals surface area contributed by atoms with Crippen LogP contribution in [0.4, 0.5) is 5.69 Å². The van der Waals surface area contributed by atoms with E-state index in [0.29, 0.717) is 6.42 Å². The standard InChI is InChI=1S/C20H23N3O/c1-14-5-3-6-15(2)20(14)16-11-18-17(21-13-16)12-19(24)23(18)10-9-22-7-4-8-22/h3,5-6,11,13H,4,7-10,12H2,1-2H3. The molecule has 2 aliphatic rings. The molecular formula is C20H23N3O. The van der Waals surface area contributed by atoms with Gasteiger partial charge >= 0.3 is 0 Å². The second-order valence-electron chi connectivity index (χ2n) is 6.87. The lowest BCUT2D eigenvalue weighted by Crippen LogP contribution is -2.43. The van der Waals surface area contributed by atoms with Gasteiger partial charge in [-0.05, 0) is 56.1 Å². The van der Waals surface area contributed by atoms with Crippen molar-refractivity contribution >= 4 is 11.6 Å². The van der Waals surface area contributed by atoms with Crippen molar-refractivity contribution in [3.8, 4) is 11.1 Å². The van der Waals surface area contributed by atoms with Gasteiger partial charge in [-0.15, -0.1) is 0 Å². The molecule has 0 spiro atoms. The van der Waals surface area contributed by atoms with Crippen molar-refractivity contribution < 1.29 is 4.79 Å². The maximum absolute atomic E-state index is 12.4. The molecule has 3 heterocycles. The number of aromatic nitrogens is 1. The van der Waals surface area contributed by atoms with Crippen LogP contribution in [-0.4, -0.2) is 42.0 Å². The summed E-state index contributed by atoms with van der Waals surface area (Å²) in [5.41, 5.74) is 6.74. The molecule has 0 atom stereocenters. The summed E-state index contributed by atoms with van der Waals surface area (Å²) in [6.45, 7) is 8.30. The Morgan fingerprint density at radius 3 is 2.54 bits per heavy atom. The lowest BCUT2D eigenvalue weighted by atomic mass is 9.96. The number of aryl methyl sites for hydroxylation is 2. The number of likely N-dealkylation sites (tertiary alicyclic amines) is 1. The van der Waals surface area contributed by atoms with E-state index in [-0.39, 0.29) is 5.91 Å². The lowest BCUT2D eigenvalue weighted by molar-refractivity contribution is -0.117. The maximum atomic E-state index is 12.4. The van der Waals surface area contributed by atoms with Crippen molar-refractivity contribution in [3.63, 3.8) is 0 Å². The van der Waals surface area contributed by atoms with Gasteiger partial charge in [0.05, 0.1) is 17.8 Å². The van der Waals surface area contributed by atoms with E-state index in [0.717, 1.165) is 43.1 Å². The lowest BCUT2D eigenvalue weighted by Gasteiger charge is -2.32. The van der Waals surface area contributed by atoms with Gasteiger partial charge in [0.2, 0.25) is 5.91 Å². The molecule has 1 amide bonds. The summed E-state index contributed by atoms with van der Waals surface area (Å²) in [5, 5.41) is 0. The van der Waals surface area contributed by atoms with Crippen LogP contribution in [-0.2, 0) is 11.2 Å². The highest BCUT2D eigenvalue weighted by Crippen LogP contribution is 2.34. The molecular weight excluding hydrogens is 298 g/mol. The van der Waals surface area contributed by atoms with E-state index in [2.05, 4.69) is 48.0 Å². The summed E-state index contributed by atoms with van der Waals surface area (Å²) in [6, 6.07) is 8.49. The van der Waals surface area contributed by atoms with E-state index in [9.17, 15) is 4.79 Å². The van der Waals surface area contributed by atoms with Crippen molar-refractivity contribution in [2.75, 3.05) is 31.1 Å². The maximum Gasteiger partial charge on any atom is 0.233 e. The monoisotopic (exact) mass is 321 g/mol. The van der Waals surface area contributed by atoms with Crippen LogP contribution >= 0.6 is 0 Å². The van der Waals surface area contributed by atoms with Gasteiger partial charge < -0.3 is 9.80 Å². The van der Waals surface area contributed by atoms with Crippen LogP contribution in [0, 0.1) is 13.8 Å². The Morgan fingerprint density at radius 2 is 1.88 bits per heavy atom. The van der Waals surface area contributed by atoms with Crippen LogP contribution in [0.3, 0.4) is 0 Å². The van der Waals surface area contributed by atoms with Crippen molar-refractivity contribution in [3.05, 3.63) is 47.3 Å². The van der Waals surface area contributed by atoms with E-state index in [1.807, 2.05) is 11.1 Å². The zero-order chi connectivity index (χ0) is 16.7. The molecule has 0 unspecified atom stereocenters. The fraction of sp³-hybridized carbons (Fsp3) is 0.400. The fourth-order valence-corrected chi connectivity index (χ4v) is 3.72. The molecule has 0 saturated carbocycles. The van der Waals surface area contributed by atoms with Gasteiger partial charge in [0.1, 0.15) is 0 Å². The predicted octanol–water partition coefficient (Wildman–Crippen LogP) is 2.96. The Morgan fingerprint density at radius 1 is 1.12 bits per heavy atom. The van der Waals surface area contributed by atoms with Crippen molar-refractivity contribution in [1.29, 1.82) is 0 Å². The first kappa shape index (κ1) is 15.3. The highest BCUT2D eigenvalue weighted by Gasteiger charge is 2.29. The van der Waals surface area contributed by atoms with Crippen LogP contribution in [0.15, 0.2) is 30.5 Å². The molecule has 1 saturated heterocycles. The molecule has 4 rings (SSSR count). The number of carbonyl (C=O) groups is 1. The van der Waals surface area contributed by atoms with E-state index in [1.165, 1.54) is 23.1 Å². The summed E-state index contributed by atoms with van der Waals surface area (Å²) in [4.78, 5) is 21.3. The minimum atomic E-state index is 0.177. The van der Waals surface area contributed by atoms with E-state index in [1.54, 1.807) is 0 Å². The van der Waals surface area contributed by atoms with Crippen LogP contribution in [0.25, 0.3) is 11.1 Å². The number of fused-ring (bicyclic) bond motifs is 1. The fourth-order valence-electron chi connectivity index (χ4n) is 3.72. The number of hydrogen-bond donors (Lipinski definition) is 0. The minimum absolute atomic E-state index is 0.177. The number of pyridine rings is 1. The number of hydrogen-bond acceptors (Lipinski definition) is 3. The summed E-state index contributed by atoms with van der Waals surface area (Å²) in [5.74, 6) is 0.177. The number of nitrogens with zero attached hydrogens (tertiary/aromatic N) is 3. The Bertz CT molecular complexity index is 775. The molecule has 2 aromatic rings. The molecule has 0 N–H and O–H groups in total. The predicted molar refractivity (Wildman–Crippen MR) is 96.3 cm³/mol. The second-order valence-corrected chi connectivity index (χ2v) is 6.87. The van der Waals surface area contributed by atoms with Gasteiger partial charge in [-0.1, -0.05) is 18.2 Å². The Labute approximate surface area is 143 Å². The largest absolute Gasteiger partial charge is 0.309 e. The number of carbonyl (C=O) groups excluding carboxylic acids is 1. The third-order valence-electron chi connectivity index (χ3n) is 5.22. The highest BCUT2D eigenvalue weighted by atomic mass is 16.2. The minimum Gasteiger partial charge on any atom is -0.309 e. The Balaban J connectivity index is 1.66. The van der Waals surface area contributed by atoms with E-state index in [4.69, 9.17) is 0 Å². The van der Waals surface area contributed by atoms with Crippen LogP contribution in [0.5, 0.6) is 0 Å². The number of rotatable bonds is 4. The first-order valence-corrected chi connectivity index (χ1v) is 8.72. The second kappa shape index (κ2) is 6.02. The first-order chi connectivity index (χ1) is 11.6.